The van der Waals surface area contributed by atoms with E-state index in [0.29, 0.717) is 12.1 Å². The highest BCUT2D eigenvalue weighted by Crippen LogP contribution is 2.28. The molecule has 0 aliphatic carbocycles. The van der Waals surface area contributed by atoms with Crippen molar-refractivity contribution in [2.75, 3.05) is 5.73 Å². The maximum absolute atomic E-state index is 12.7. The van der Waals surface area contributed by atoms with Crippen LogP contribution in [0, 0.1) is 0 Å². The molecular weight excluding hydrogens is 236 g/mol. The SMILES string of the molecule is CC(C(=O)N1[C@H](C)CCC[C@@H]1C)c1cccc(N)c1. The van der Waals surface area contributed by atoms with E-state index in [0.717, 1.165) is 24.1 Å². The summed E-state index contributed by atoms with van der Waals surface area (Å²) >= 11 is 0. The number of hydrogen-bond acceptors (Lipinski definition) is 2. The molecule has 1 amide bonds. The first-order chi connectivity index (χ1) is 9.00. The van der Waals surface area contributed by atoms with Gasteiger partial charge in [-0.2, -0.15) is 0 Å². The molecule has 1 aliphatic heterocycles. The van der Waals surface area contributed by atoms with Gasteiger partial charge in [0.15, 0.2) is 0 Å². The number of piperidine rings is 1. The lowest BCUT2D eigenvalue weighted by Crippen LogP contribution is -2.49. The van der Waals surface area contributed by atoms with E-state index in [1.54, 1.807) is 0 Å². The second-order valence-electron chi connectivity index (χ2n) is 5.77. The molecule has 2 rings (SSSR count). The first-order valence-corrected chi connectivity index (χ1v) is 7.18. The van der Waals surface area contributed by atoms with Gasteiger partial charge in [0.1, 0.15) is 0 Å². The molecule has 2 N–H and O–H groups in total. The zero-order chi connectivity index (χ0) is 14.0. The van der Waals surface area contributed by atoms with E-state index in [4.69, 9.17) is 5.73 Å². The number of nitrogens with two attached hydrogens (primary N) is 1. The summed E-state index contributed by atoms with van der Waals surface area (Å²) in [7, 11) is 0. The highest BCUT2D eigenvalue weighted by Gasteiger charge is 2.32. The number of nitrogens with zero attached hydrogens (tertiary/aromatic N) is 1. The molecule has 1 aromatic rings. The Morgan fingerprint density at radius 1 is 1.32 bits per heavy atom. The normalized spacial score (nSPS) is 25.1. The van der Waals surface area contributed by atoms with Crippen LogP contribution < -0.4 is 5.73 Å². The summed E-state index contributed by atoms with van der Waals surface area (Å²) in [5.41, 5.74) is 7.53. The molecule has 1 fully saturated rings. The molecule has 0 spiro atoms. The van der Waals surface area contributed by atoms with Crippen LogP contribution in [-0.2, 0) is 4.79 Å². The molecular formula is C16H24N2O. The molecule has 1 heterocycles. The number of carbonyl (C=O) groups excluding carboxylic acids is 1. The number of anilines is 1. The van der Waals surface area contributed by atoms with Crippen LogP contribution in [-0.4, -0.2) is 22.9 Å². The molecule has 1 unspecified atom stereocenters. The van der Waals surface area contributed by atoms with Gasteiger partial charge in [-0.15, -0.1) is 0 Å². The van der Waals surface area contributed by atoms with Gasteiger partial charge in [0.25, 0.3) is 0 Å². The fourth-order valence-electron chi connectivity index (χ4n) is 3.05. The second kappa shape index (κ2) is 5.64. The van der Waals surface area contributed by atoms with Gasteiger partial charge in [0.05, 0.1) is 5.92 Å². The first-order valence-electron chi connectivity index (χ1n) is 7.18. The minimum Gasteiger partial charge on any atom is -0.399 e. The average Bonchev–Trinajstić information content (AvgIpc) is 2.37. The average molecular weight is 260 g/mol. The predicted molar refractivity (Wildman–Crippen MR) is 78.9 cm³/mol. The van der Waals surface area contributed by atoms with Crippen LogP contribution in [0.15, 0.2) is 24.3 Å². The van der Waals surface area contributed by atoms with Crippen molar-refractivity contribution in [3.8, 4) is 0 Å². The van der Waals surface area contributed by atoms with E-state index < -0.39 is 0 Å². The summed E-state index contributed by atoms with van der Waals surface area (Å²) in [5.74, 6) is 0.108. The van der Waals surface area contributed by atoms with Gasteiger partial charge < -0.3 is 10.6 Å². The van der Waals surface area contributed by atoms with Gasteiger partial charge in [-0.3, -0.25) is 4.79 Å². The van der Waals surface area contributed by atoms with E-state index in [1.807, 2.05) is 31.2 Å². The molecule has 0 saturated carbocycles. The third-order valence-electron chi connectivity index (χ3n) is 4.23. The van der Waals surface area contributed by atoms with Crippen LogP contribution >= 0.6 is 0 Å². The Hall–Kier alpha value is -1.51. The highest BCUT2D eigenvalue weighted by molar-refractivity contribution is 5.84. The van der Waals surface area contributed by atoms with Crippen molar-refractivity contribution in [1.82, 2.24) is 4.90 Å². The number of amides is 1. The molecule has 0 bridgehead atoms. The number of benzene rings is 1. The van der Waals surface area contributed by atoms with Crippen molar-refractivity contribution >= 4 is 11.6 Å². The van der Waals surface area contributed by atoms with Crippen molar-refractivity contribution in [3.63, 3.8) is 0 Å². The molecule has 1 aliphatic rings. The lowest BCUT2D eigenvalue weighted by Gasteiger charge is -2.40. The van der Waals surface area contributed by atoms with Crippen LogP contribution in [0.25, 0.3) is 0 Å². The summed E-state index contributed by atoms with van der Waals surface area (Å²) in [4.78, 5) is 14.8. The third kappa shape index (κ3) is 2.91. The predicted octanol–water partition coefficient (Wildman–Crippen LogP) is 3.16. The van der Waals surface area contributed by atoms with Crippen LogP contribution in [0.3, 0.4) is 0 Å². The van der Waals surface area contributed by atoms with Gasteiger partial charge in [-0.1, -0.05) is 12.1 Å². The Morgan fingerprint density at radius 2 is 1.95 bits per heavy atom. The lowest BCUT2D eigenvalue weighted by molar-refractivity contribution is -0.138. The summed E-state index contributed by atoms with van der Waals surface area (Å²) in [5, 5.41) is 0. The molecule has 1 aromatic carbocycles. The lowest BCUT2D eigenvalue weighted by atomic mass is 9.93. The van der Waals surface area contributed by atoms with E-state index >= 15 is 0 Å². The van der Waals surface area contributed by atoms with Crippen molar-refractivity contribution < 1.29 is 4.79 Å². The largest absolute Gasteiger partial charge is 0.399 e. The smallest absolute Gasteiger partial charge is 0.230 e. The standard InChI is InChI=1S/C16H24N2O/c1-11-6-4-7-12(2)18(11)16(19)13(3)14-8-5-9-15(17)10-14/h5,8-13H,4,6-7,17H2,1-3H3/t11-,12+,13?. The molecule has 3 atom stereocenters. The number of nitrogen functional groups attached to an aromatic ring is 1. The van der Waals surface area contributed by atoms with Gasteiger partial charge in [-0.25, -0.2) is 0 Å². The Balaban J connectivity index is 2.18. The molecule has 3 heteroatoms. The topological polar surface area (TPSA) is 46.3 Å². The second-order valence-corrected chi connectivity index (χ2v) is 5.77. The summed E-state index contributed by atoms with van der Waals surface area (Å²) in [6.07, 6.45) is 3.44. The third-order valence-corrected chi connectivity index (χ3v) is 4.23. The molecule has 19 heavy (non-hydrogen) atoms. The highest BCUT2D eigenvalue weighted by atomic mass is 16.2. The Bertz CT molecular complexity index is 448. The van der Waals surface area contributed by atoms with Gasteiger partial charge in [-0.05, 0) is 57.7 Å². The van der Waals surface area contributed by atoms with Crippen LogP contribution in [0.2, 0.25) is 0 Å². The van der Waals surface area contributed by atoms with E-state index in [2.05, 4.69) is 18.7 Å². The molecule has 104 valence electrons. The van der Waals surface area contributed by atoms with Gasteiger partial charge in [0.2, 0.25) is 5.91 Å². The summed E-state index contributed by atoms with van der Waals surface area (Å²) in [6, 6.07) is 8.35. The van der Waals surface area contributed by atoms with E-state index in [-0.39, 0.29) is 11.8 Å². The Morgan fingerprint density at radius 3 is 2.53 bits per heavy atom. The van der Waals surface area contributed by atoms with E-state index in [9.17, 15) is 4.79 Å². The first kappa shape index (κ1) is 13.9. The quantitative estimate of drug-likeness (QED) is 0.830. The molecule has 0 radical (unpaired) electrons. The van der Waals surface area contributed by atoms with E-state index in [1.165, 1.54) is 6.42 Å². The van der Waals surface area contributed by atoms with Crippen LogP contribution in [0.5, 0.6) is 0 Å². The maximum atomic E-state index is 12.7. The fraction of sp³-hybridized carbons (Fsp3) is 0.562. The molecule has 1 saturated heterocycles. The number of rotatable bonds is 2. The van der Waals surface area contributed by atoms with Crippen molar-refractivity contribution in [2.45, 2.75) is 58.0 Å². The summed E-state index contributed by atoms with van der Waals surface area (Å²) < 4.78 is 0. The molecule has 3 nitrogen and oxygen atoms in total. The summed E-state index contributed by atoms with van der Waals surface area (Å²) in [6.45, 7) is 6.28. The minimum absolute atomic E-state index is 0.119. The minimum atomic E-state index is -0.119. The maximum Gasteiger partial charge on any atom is 0.230 e. The van der Waals surface area contributed by atoms with Crippen molar-refractivity contribution in [2.24, 2.45) is 0 Å². The monoisotopic (exact) mass is 260 g/mol. The Labute approximate surface area is 115 Å². The Kier molecular flexibility index (Phi) is 4.13. The van der Waals surface area contributed by atoms with Crippen molar-refractivity contribution in [3.05, 3.63) is 29.8 Å². The fourth-order valence-corrected chi connectivity index (χ4v) is 3.05. The van der Waals surface area contributed by atoms with Crippen LogP contribution in [0.1, 0.15) is 51.5 Å². The number of carbonyl (C=O) groups is 1. The van der Waals surface area contributed by atoms with Gasteiger partial charge >= 0.3 is 0 Å². The van der Waals surface area contributed by atoms with Crippen molar-refractivity contribution in [1.29, 1.82) is 0 Å². The number of likely N-dealkylation sites (tertiary alicyclic amines) is 1. The van der Waals surface area contributed by atoms with Gasteiger partial charge in [0, 0.05) is 17.8 Å². The van der Waals surface area contributed by atoms with Crippen LogP contribution in [0.4, 0.5) is 5.69 Å². The zero-order valence-electron chi connectivity index (χ0n) is 12.1. The molecule has 0 aromatic heterocycles. The zero-order valence-corrected chi connectivity index (χ0v) is 12.1. The number of hydrogen-bond donors (Lipinski definition) is 1.